The lowest BCUT2D eigenvalue weighted by Gasteiger charge is -2.30. The van der Waals surface area contributed by atoms with Crippen molar-refractivity contribution in [2.45, 2.75) is 116 Å². The molecule has 0 radical (unpaired) electrons. The summed E-state index contributed by atoms with van der Waals surface area (Å²) in [5.74, 6) is 10.2. The molecule has 1 N–H and O–H groups in total. The fourth-order valence-electron chi connectivity index (χ4n) is 6.72. The van der Waals surface area contributed by atoms with Crippen LogP contribution in [0.15, 0.2) is 12.2 Å². The third-order valence-corrected chi connectivity index (χ3v) is 8.56. The van der Waals surface area contributed by atoms with Crippen LogP contribution in [0.3, 0.4) is 0 Å². The third-order valence-electron chi connectivity index (χ3n) is 8.56. The summed E-state index contributed by atoms with van der Waals surface area (Å²) in [7, 11) is 0. The van der Waals surface area contributed by atoms with E-state index < -0.39 is 5.97 Å². The third kappa shape index (κ3) is 9.86. The van der Waals surface area contributed by atoms with Crippen molar-refractivity contribution >= 4 is 5.97 Å². The monoisotopic (exact) mass is 456 g/mol. The second kappa shape index (κ2) is 15.6. The van der Waals surface area contributed by atoms with Crippen LogP contribution >= 0.6 is 0 Å². The van der Waals surface area contributed by atoms with Gasteiger partial charge in [0.05, 0.1) is 6.61 Å². The van der Waals surface area contributed by atoms with E-state index in [-0.39, 0.29) is 6.42 Å². The van der Waals surface area contributed by atoms with E-state index in [0.717, 1.165) is 69.0 Å². The van der Waals surface area contributed by atoms with Crippen LogP contribution in [-0.4, -0.2) is 24.3 Å². The highest BCUT2D eigenvalue weighted by Gasteiger charge is 2.46. The van der Waals surface area contributed by atoms with Gasteiger partial charge in [0.15, 0.2) is 0 Å². The van der Waals surface area contributed by atoms with E-state index in [9.17, 15) is 4.79 Å². The van der Waals surface area contributed by atoms with Gasteiger partial charge in [0.2, 0.25) is 0 Å². The Bertz CT molecular complexity index is 637. The lowest BCUT2D eigenvalue weighted by Crippen LogP contribution is -2.26. The number of ether oxygens (including phenoxy) is 1. The molecule has 0 aromatic carbocycles. The van der Waals surface area contributed by atoms with Gasteiger partial charge in [0.25, 0.3) is 0 Å². The Kier molecular flexibility index (Phi) is 12.4. The van der Waals surface area contributed by atoms with Crippen LogP contribution < -0.4 is 0 Å². The largest absolute Gasteiger partial charge is 0.481 e. The SMILES string of the molecule is O=C(O)CCC/C=C\C[C@H]1[C@H]2CC[C@H](C2)[C@H]1COCCC#CCCCCCC1CCCCC1. The van der Waals surface area contributed by atoms with Crippen molar-refractivity contribution in [1.29, 1.82) is 0 Å². The first-order valence-electron chi connectivity index (χ1n) is 14.1. The highest BCUT2D eigenvalue weighted by molar-refractivity contribution is 5.66. The van der Waals surface area contributed by atoms with E-state index in [4.69, 9.17) is 9.84 Å². The molecule has 3 aliphatic carbocycles. The van der Waals surface area contributed by atoms with Crippen LogP contribution in [0, 0.1) is 41.4 Å². The minimum Gasteiger partial charge on any atom is -0.481 e. The van der Waals surface area contributed by atoms with Gasteiger partial charge in [-0.05, 0) is 74.5 Å². The Hall–Kier alpha value is -1.27. The number of allylic oxidation sites excluding steroid dienone is 2. The predicted octanol–water partition coefficient (Wildman–Crippen LogP) is 7.79. The zero-order chi connectivity index (χ0) is 23.1. The topological polar surface area (TPSA) is 46.5 Å². The second-order valence-corrected chi connectivity index (χ2v) is 10.9. The molecule has 3 fully saturated rings. The summed E-state index contributed by atoms with van der Waals surface area (Å²) in [5, 5.41) is 8.74. The van der Waals surface area contributed by atoms with Crippen LogP contribution in [0.25, 0.3) is 0 Å². The van der Waals surface area contributed by atoms with Crippen LogP contribution in [0.1, 0.15) is 116 Å². The van der Waals surface area contributed by atoms with E-state index >= 15 is 0 Å². The molecule has 186 valence electrons. The Labute approximate surface area is 203 Å². The first kappa shape index (κ1) is 26.3. The fraction of sp³-hybridized carbons (Fsp3) is 0.833. The molecule has 3 nitrogen and oxygen atoms in total. The summed E-state index contributed by atoms with van der Waals surface area (Å²) >= 11 is 0. The quantitative estimate of drug-likeness (QED) is 0.155. The van der Waals surface area contributed by atoms with Gasteiger partial charge in [0.1, 0.15) is 0 Å². The number of carbonyl (C=O) groups is 1. The van der Waals surface area contributed by atoms with Crippen molar-refractivity contribution in [2.75, 3.05) is 13.2 Å². The fourth-order valence-corrected chi connectivity index (χ4v) is 6.72. The van der Waals surface area contributed by atoms with Gasteiger partial charge in [-0.15, -0.1) is 11.8 Å². The molecule has 0 aromatic heterocycles. The van der Waals surface area contributed by atoms with Gasteiger partial charge in [-0.1, -0.05) is 63.5 Å². The van der Waals surface area contributed by atoms with Gasteiger partial charge in [-0.2, -0.15) is 0 Å². The minimum absolute atomic E-state index is 0.276. The van der Waals surface area contributed by atoms with Crippen LogP contribution in [-0.2, 0) is 9.53 Å². The van der Waals surface area contributed by atoms with Gasteiger partial charge in [-0.3, -0.25) is 4.79 Å². The van der Waals surface area contributed by atoms with Crippen molar-refractivity contribution in [2.24, 2.45) is 29.6 Å². The maximum absolute atomic E-state index is 10.6. The van der Waals surface area contributed by atoms with Gasteiger partial charge in [-0.25, -0.2) is 0 Å². The van der Waals surface area contributed by atoms with Crippen molar-refractivity contribution in [3.63, 3.8) is 0 Å². The van der Waals surface area contributed by atoms with Gasteiger partial charge >= 0.3 is 5.97 Å². The van der Waals surface area contributed by atoms with E-state index in [1.54, 1.807) is 0 Å². The number of hydrogen-bond acceptors (Lipinski definition) is 2. The Balaban J connectivity index is 1.20. The lowest BCUT2D eigenvalue weighted by molar-refractivity contribution is -0.137. The van der Waals surface area contributed by atoms with Crippen LogP contribution in [0.4, 0.5) is 0 Å². The van der Waals surface area contributed by atoms with Crippen LogP contribution in [0.2, 0.25) is 0 Å². The Morgan fingerprint density at radius 3 is 2.48 bits per heavy atom. The molecule has 0 unspecified atom stereocenters. The van der Waals surface area contributed by atoms with Crippen molar-refractivity contribution in [1.82, 2.24) is 0 Å². The van der Waals surface area contributed by atoms with Crippen LogP contribution in [0.5, 0.6) is 0 Å². The zero-order valence-electron chi connectivity index (χ0n) is 20.9. The van der Waals surface area contributed by atoms with Crippen molar-refractivity contribution < 1.29 is 14.6 Å². The molecular weight excluding hydrogens is 408 g/mol. The molecule has 0 saturated heterocycles. The molecule has 0 heterocycles. The van der Waals surface area contributed by atoms with E-state index in [1.807, 2.05) is 0 Å². The molecule has 0 spiro atoms. The summed E-state index contributed by atoms with van der Waals surface area (Å²) in [4.78, 5) is 10.6. The summed E-state index contributed by atoms with van der Waals surface area (Å²) < 4.78 is 6.09. The Morgan fingerprint density at radius 2 is 1.67 bits per heavy atom. The highest BCUT2D eigenvalue weighted by Crippen LogP contribution is 2.53. The number of carboxylic acids is 1. The first-order chi connectivity index (χ1) is 16.2. The molecule has 2 bridgehead atoms. The maximum atomic E-state index is 10.6. The molecule has 3 aliphatic rings. The number of hydrogen-bond donors (Lipinski definition) is 1. The molecule has 3 saturated carbocycles. The summed E-state index contributed by atoms with van der Waals surface area (Å²) in [6.07, 6.45) is 26.5. The normalized spacial score (nSPS) is 27.2. The molecule has 33 heavy (non-hydrogen) atoms. The summed E-state index contributed by atoms with van der Waals surface area (Å²) in [6.45, 7) is 1.68. The molecule has 3 heteroatoms. The molecule has 0 aromatic rings. The standard InChI is InChI=1S/C30H48O3/c31-30(32)19-13-6-5-12-18-28-26-20-21-27(23-26)29(28)24-33-22-14-7-3-1-2-4-9-15-25-16-10-8-11-17-25/h5,12,25-29H,1-2,4,6,8-11,13-24H2,(H,31,32)/b12-5-/t26-,27+,28-,29+/m0/s1. The van der Waals surface area contributed by atoms with E-state index in [0.29, 0.717) is 5.92 Å². The van der Waals surface area contributed by atoms with Gasteiger partial charge in [0, 0.05) is 25.9 Å². The average Bonchev–Trinajstić information content (AvgIpc) is 3.42. The number of unbranched alkanes of at least 4 members (excludes halogenated alkanes) is 4. The molecule has 4 atom stereocenters. The maximum Gasteiger partial charge on any atom is 0.303 e. The Morgan fingerprint density at radius 1 is 0.879 bits per heavy atom. The zero-order valence-corrected chi connectivity index (χ0v) is 20.9. The highest BCUT2D eigenvalue weighted by atomic mass is 16.5. The van der Waals surface area contributed by atoms with Crippen molar-refractivity contribution in [3.8, 4) is 11.8 Å². The predicted molar refractivity (Wildman–Crippen MR) is 136 cm³/mol. The summed E-state index contributed by atoms with van der Waals surface area (Å²) in [6, 6.07) is 0. The van der Waals surface area contributed by atoms with Gasteiger partial charge < -0.3 is 9.84 Å². The number of fused-ring (bicyclic) bond motifs is 2. The summed E-state index contributed by atoms with van der Waals surface area (Å²) in [5.41, 5.74) is 0. The number of rotatable bonds is 15. The lowest BCUT2D eigenvalue weighted by atomic mass is 9.78. The molecule has 0 aliphatic heterocycles. The smallest absolute Gasteiger partial charge is 0.303 e. The molecule has 3 rings (SSSR count). The minimum atomic E-state index is -0.691. The first-order valence-corrected chi connectivity index (χ1v) is 14.1. The number of aliphatic carboxylic acids is 1. The van der Waals surface area contributed by atoms with E-state index in [1.165, 1.54) is 77.0 Å². The number of carboxylic acid groups (broad SMARTS) is 1. The second-order valence-electron chi connectivity index (χ2n) is 10.9. The molecule has 0 amide bonds. The van der Waals surface area contributed by atoms with E-state index in [2.05, 4.69) is 24.0 Å². The molecular formula is C30H48O3. The average molecular weight is 457 g/mol. The van der Waals surface area contributed by atoms with Crippen molar-refractivity contribution in [3.05, 3.63) is 12.2 Å².